The van der Waals surface area contributed by atoms with Gasteiger partial charge in [0.25, 0.3) is 0 Å². The number of aliphatic hydroxyl groups excluding tert-OH is 1. The minimum absolute atomic E-state index is 0.0331. The summed E-state index contributed by atoms with van der Waals surface area (Å²) in [6, 6.07) is 4.20. The van der Waals surface area contributed by atoms with Gasteiger partial charge < -0.3 is 20.4 Å². The van der Waals surface area contributed by atoms with Crippen molar-refractivity contribution in [3.63, 3.8) is 0 Å². The second kappa shape index (κ2) is 11.2. The number of phenols is 2. The molecular weight excluding hydrogens is 332 g/mol. The van der Waals surface area contributed by atoms with Crippen LogP contribution in [-0.4, -0.2) is 33.0 Å². The predicted octanol–water partition coefficient (Wildman–Crippen LogP) is 4.10. The molecule has 0 spiro atoms. The molecule has 0 bridgehead atoms. The van der Waals surface area contributed by atoms with Gasteiger partial charge in [-0.3, -0.25) is 0 Å². The summed E-state index contributed by atoms with van der Waals surface area (Å²) < 4.78 is 0. The van der Waals surface area contributed by atoms with E-state index < -0.39 is 5.97 Å². The van der Waals surface area contributed by atoms with Crippen LogP contribution in [0.4, 0.5) is 0 Å². The van der Waals surface area contributed by atoms with E-state index in [9.17, 15) is 20.1 Å². The SMILES string of the molecule is CC(=CCCC(C)=CCCC(=CCc1cc(O)ccc1O)C(=O)O)CO. The number of carbonyl (C=O) groups is 1. The van der Waals surface area contributed by atoms with Gasteiger partial charge in [-0.05, 0) is 64.2 Å². The number of phenolic OH excluding ortho intramolecular Hbond substituents is 2. The lowest BCUT2D eigenvalue weighted by Gasteiger charge is -2.05. The summed E-state index contributed by atoms with van der Waals surface area (Å²) in [5, 5.41) is 37.5. The molecule has 0 heterocycles. The van der Waals surface area contributed by atoms with E-state index >= 15 is 0 Å². The first kappa shape index (κ1) is 21.5. The van der Waals surface area contributed by atoms with Crippen molar-refractivity contribution in [1.29, 1.82) is 0 Å². The van der Waals surface area contributed by atoms with Gasteiger partial charge in [0.2, 0.25) is 0 Å². The van der Waals surface area contributed by atoms with E-state index in [-0.39, 0.29) is 30.1 Å². The quantitative estimate of drug-likeness (QED) is 0.286. The molecule has 0 saturated heterocycles. The molecular formula is C21H28O5. The maximum absolute atomic E-state index is 11.4. The van der Waals surface area contributed by atoms with Crippen LogP contribution in [0, 0.1) is 0 Å². The van der Waals surface area contributed by atoms with Crippen molar-refractivity contribution in [3.05, 3.63) is 58.7 Å². The summed E-state index contributed by atoms with van der Waals surface area (Å²) >= 11 is 0. The lowest BCUT2D eigenvalue weighted by Crippen LogP contribution is -2.01. The van der Waals surface area contributed by atoms with Crippen molar-refractivity contribution in [1.82, 2.24) is 0 Å². The maximum Gasteiger partial charge on any atom is 0.331 e. The van der Waals surface area contributed by atoms with E-state index in [1.54, 1.807) is 6.08 Å². The summed E-state index contributed by atoms with van der Waals surface area (Å²) in [4.78, 5) is 11.4. The van der Waals surface area contributed by atoms with Crippen LogP contribution in [0.1, 0.15) is 45.1 Å². The van der Waals surface area contributed by atoms with Gasteiger partial charge >= 0.3 is 5.97 Å². The van der Waals surface area contributed by atoms with Crippen LogP contribution in [0.2, 0.25) is 0 Å². The number of rotatable bonds is 10. The van der Waals surface area contributed by atoms with Gasteiger partial charge in [-0.1, -0.05) is 29.4 Å². The van der Waals surface area contributed by atoms with Gasteiger partial charge in [0.05, 0.1) is 6.61 Å². The minimum atomic E-state index is -0.975. The zero-order chi connectivity index (χ0) is 19.5. The summed E-state index contributed by atoms with van der Waals surface area (Å²) in [5.41, 5.74) is 2.90. The molecule has 0 atom stereocenters. The van der Waals surface area contributed by atoms with Crippen molar-refractivity contribution in [3.8, 4) is 11.5 Å². The lowest BCUT2D eigenvalue weighted by molar-refractivity contribution is -0.132. The number of hydrogen-bond acceptors (Lipinski definition) is 4. The number of aliphatic carboxylic acids is 1. The number of allylic oxidation sites excluding steroid dienone is 4. The highest BCUT2D eigenvalue weighted by atomic mass is 16.4. The Morgan fingerprint density at radius 3 is 2.31 bits per heavy atom. The fourth-order valence-corrected chi connectivity index (χ4v) is 2.45. The molecule has 0 radical (unpaired) electrons. The molecule has 1 aromatic rings. The zero-order valence-electron chi connectivity index (χ0n) is 15.4. The number of aliphatic hydroxyl groups is 1. The Balaban J connectivity index is 2.61. The van der Waals surface area contributed by atoms with E-state index in [1.807, 2.05) is 26.0 Å². The van der Waals surface area contributed by atoms with Crippen molar-refractivity contribution in [2.75, 3.05) is 6.61 Å². The van der Waals surface area contributed by atoms with Gasteiger partial charge in [0.15, 0.2) is 0 Å². The highest BCUT2D eigenvalue weighted by Crippen LogP contribution is 2.23. The summed E-state index contributed by atoms with van der Waals surface area (Å²) in [5.74, 6) is -0.907. The van der Waals surface area contributed by atoms with Crippen molar-refractivity contribution >= 4 is 5.97 Å². The molecule has 142 valence electrons. The zero-order valence-corrected chi connectivity index (χ0v) is 15.4. The van der Waals surface area contributed by atoms with Crippen molar-refractivity contribution in [2.45, 2.75) is 46.0 Å². The van der Waals surface area contributed by atoms with Gasteiger partial charge in [-0.15, -0.1) is 0 Å². The van der Waals surface area contributed by atoms with Crippen LogP contribution < -0.4 is 0 Å². The van der Waals surface area contributed by atoms with Crippen molar-refractivity contribution < 1.29 is 25.2 Å². The summed E-state index contributed by atoms with van der Waals surface area (Å²) in [6.45, 7) is 3.97. The van der Waals surface area contributed by atoms with Crippen LogP contribution in [0.5, 0.6) is 11.5 Å². The number of carboxylic acid groups (broad SMARTS) is 1. The van der Waals surface area contributed by atoms with E-state index in [0.717, 1.165) is 18.4 Å². The minimum Gasteiger partial charge on any atom is -0.508 e. The van der Waals surface area contributed by atoms with Crippen LogP contribution in [0.3, 0.4) is 0 Å². The lowest BCUT2D eigenvalue weighted by atomic mass is 10.0. The molecule has 26 heavy (non-hydrogen) atoms. The average molecular weight is 360 g/mol. The predicted molar refractivity (Wildman–Crippen MR) is 102 cm³/mol. The smallest absolute Gasteiger partial charge is 0.331 e. The second-order valence-electron chi connectivity index (χ2n) is 6.39. The normalized spacial score (nSPS) is 13.1. The maximum atomic E-state index is 11.4. The van der Waals surface area contributed by atoms with Gasteiger partial charge in [0.1, 0.15) is 11.5 Å². The first-order valence-corrected chi connectivity index (χ1v) is 8.68. The van der Waals surface area contributed by atoms with E-state index in [4.69, 9.17) is 5.11 Å². The highest BCUT2D eigenvalue weighted by Gasteiger charge is 2.08. The molecule has 1 rings (SSSR count). The van der Waals surface area contributed by atoms with Gasteiger partial charge in [0, 0.05) is 11.1 Å². The molecule has 0 amide bonds. The van der Waals surface area contributed by atoms with Crippen molar-refractivity contribution in [2.24, 2.45) is 0 Å². The Bertz CT molecular complexity index is 698. The van der Waals surface area contributed by atoms with Crippen LogP contribution in [0.15, 0.2) is 53.1 Å². The Labute approximate surface area is 154 Å². The Morgan fingerprint density at radius 1 is 1.00 bits per heavy atom. The summed E-state index contributed by atoms with van der Waals surface area (Å²) in [6.07, 6.45) is 8.61. The molecule has 1 aromatic carbocycles. The number of benzene rings is 1. The van der Waals surface area contributed by atoms with Crippen LogP contribution >= 0.6 is 0 Å². The Hall–Kier alpha value is -2.53. The van der Waals surface area contributed by atoms with E-state index in [0.29, 0.717) is 18.4 Å². The molecule has 0 aliphatic rings. The molecule has 0 aromatic heterocycles. The van der Waals surface area contributed by atoms with Gasteiger partial charge in [-0.25, -0.2) is 4.79 Å². The number of aromatic hydroxyl groups is 2. The number of carboxylic acids is 1. The fourth-order valence-electron chi connectivity index (χ4n) is 2.45. The average Bonchev–Trinajstić information content (AvgIpc) is 2.60. The van der Waals surface area contributed by atoms with E-state index in [1.165, 1.54) is 23.8 Å². The molecule has 0 aliphatic carbocycles. The third kappa shape index (κ3) is 8.03. The Kier molecular flexibility index (Phi) is 9.23. The Morgan fingerprint density at radius 2 is 1.65 bits per heavy atom. The third-order valence-electron chi connectivity index (χ3n) is 4.09. The van der Waals surface area contributed by atoms with E-state index in [2.05, 4.69) is 0 Å². The van der Waals surface area contributed by atoms with Gasteiger partial charge in [-0.2, -0.15) is 0 Å². The molecule has 0 fully saturated rings. The highest BCUT2D eigenvalue weighted by molar-refractivity contribution is 5.86. The molecule has 0 unspecified atom stereocenters. The third-order valence-corrected chi connectivity index (χ3v) is 4.09. The second-order valence-corrected chi connectivity index (χ2v) is 6.39. The number of hydrogen-bond donors (Lipinski definition) is 4. The first-order valence-electron chi connectivity index (χ1n) is 8.68. The molecule has 5 heteroatoms. The molecule has 5 nitrogen and oxygen atoms in total. The topological polar surface area (TPSA) is 98.0 Å². The largest absolute Gasteiger partial charge is 0.508 e. The standard InChI is InChI=1S/C21H28O5/c1-15(5-3-7-16(2)14-22)6-4-8-17(21(25)26)9-10-18-13-19(23)11-12-20(18)24/h6-7,9,11-13,22-24H,3-5,8,10,14H2,1-2H3,(H,25,26). The monoisotopic (exact) mass is 360 g/mol. The molecule has 4 N–H and O–H groups in total. The van der Waals surface area contributed by atoms with Crippen LogP contribution in [-0.2, 0) is 11.2 Å². The van der Waals surface area contributed by atoms with Crippen LogP contribution in [0.25, 0.3) is 0 Å². The first-order chi connectivity index (χ1) is 12.3. The summed E-state index contributed by atoms with van der Waals surface area (Å²) in [7, 11) is 0. The fraction of sp³-hybridized carbons (Fsp3) is 0.381. The molecule has 0 saturated carbocycles. The molecule has 0 aliphatic heterocycles.